The molecule has 0 N–H and O–H groups in total. The van der Waals surface area contributed by atoms with Crippen LogP contribution in [0.5, 0.6) is 0 Å². The largest absolute Gasteiger partial charge is 0.307 e. The molecule has 0 unspecified atom stereocenters. The minimum absolute atomic E-state index is 0.0359. The molecule has 0 saturated carbocycles. The van der Waals surface area contributed by atoms with Crippen molar-refractivity contribution in [3.8, 4) is 11.3 Å². The van der Waals surface area contributed by atoms with Crippen LogP contribution >= 0.6 is 22.7 Å². The minimum atomic E-state index is -0.0728. The normalized spacial score (nSPS) is 10.7. The maximum atomic E-state index is 12.7. The van der Waals surface area contributed by atoms with Crippen molar-refractivity contribution in [2.45, 2.75) is 19.9 Å². The molecule has 0 atom stereocenters. The molecule has 0 aliphatic carbocycles. The molecule has 3 rings (SSSR count). The highest BCUT2D eigenvalue weighted by Crippen LogP contribution is 2.27. The van der Waals surface area contributed by atoms with E-state index < -0.39 is 0 Å². The van der Waals surface area contributed by atoms with Gasteiger partial charge in [0.05, 0.1) is 5.69 Å². The second-order valence-electron chi connectivity index (χ2n) is 5.72. The summed E-state index contributed by atoms with van der Waals surface area (Å²) in [5.74, 6) is -0.0728. The first kappa shape index (κ1) is 18.3. The van der Waals surface area contributed by atoms with E-state index in [0.717, 1.165) is 28.3 Å². The highest BCUT2D eigenvalue weighted by Gasteiger charge is 2.19. The zero-order valence-corrected chi connectivity index (χ0v) is 16.1. The molecule has 0 fully saturated rings. The third kappa shape index (κ3) is 4.00. The van der Waals surface area contributed by atoms with Gasteiger partial charge in [-0.1, -0.05) is 47.7 Å². The lowest BCUT2D eigenvalue weighted by Crippen LogP contribution is -2.32. The Hall–Kier alpha value is -2.51. The summed E-state index contributed by atoms with van der Waals surface area (Å²) in [6, 6.07) is 9.86. The zero-order valence-electron chi connectivity index (χ0n) is 14.4. The van der Waals surface area contributed by atoms with Crippen LogP contribution in [-0.4, -0.2) is 22.0 Å². The van der Waals surface area contributed by atoms with Crippen molar-refractivity contribution in [3.05, 3.63) is 69.1 Å². The van der Waals surface area contributed by atoms with Gasteiger partial charge in [-0.3, -0.25) is 14.5 Å². The van der Waals surface area contributed by atoms with Gasteiger partial charge in [-0.15, -0.1) is 17.9 Å². The number of rotatable bonds is 7. The van der Waals surface area contributed by atoms with Gasteiger partial charge in [0.1, 0.15) is 0 Å². The Bertz CT molecular complexity index is 957. The Morgan fingerprint density at radius 2 is 2.04 bits per heavy atom. The standard InChI is InChI=1S/C19H19N3O2S2/c1-3-10-22(17(23)9-11-21-14(2)12-26-19(21)24)18-20-16(13-25-18)15-7-5-4-6-8-15/h3-8,12-13H,1,9-11H2,2H3. The van der Waals surface area contributed by atoms with Crippen LogP contribution in [0.3, 0.4) is 0 Å². The van der Waals surface area contributed by atoms with Crippen LogP contribution < -0.4 is 9.77 Å². The summed E-state index contributed by atoms with van der Waals surface area (Å²) in [6.07, 6.45) is 1.93. The fraction of sp³-hybridized carbons (Fsp3) is 0.211. The number of benzene rings is 1. The summed E-state index contributed by atoms with van der Waals surface area (Å²) in [5, 5.41) is 4.39. The molecule has 5 nitrogen and oxygen atoms in total. The Morgan fingerprint density at radius 3 is 2.69 bits per heavy atom. The summed E-state index contributed by atoms with van der Waals surface area (Å²) in [6.45, 7) is 6.37. The lowest BCUT2D eigenvalue weighted by Gasteiger charge is -2.18. The van der Waals surface area contributed by atoms with Gasteiger partial charge in [0, 0.05) is 41.5 Å². The molecular formula is C19H19N3O2S2. The number of carbonyl (C=O) groups is 1. The van der Waals surface area contributed by atoms with Crippen LogP contribution in [0, 0.1) is 6.92 Å². The summed E-state index contributed by atoms with van der Waals surface area (Å²) >= 11 is 2.58. The molecule has 1 amide bonds. The van der Waals surface area contributed by atoms with Crippen LogP contribution in [0.25, 0.3) is 11.3 Å². The van der Waals surface area contributed by atoms with Crippen molar-refractivity contribution in [2.24, 2.45) is 0 Å². The topological polar surface area (TPSA) is 55.2 Å². The fourth-order valence-corrected chi connectivity index (χ4v) is 4.18. The molecule has 2 aromatic heterocycles. The Balaban J connectivity index is 1.76. The number of amides is 1. The molecule has 2 heterocycles. The second-order valence-corrected chi connectivity index (χ2v) is 7.38. The number of nitrogens with zero attached hydrogens (tertiary/aromatic N) is 3. The van der Waals surface area contributed by atoms with Gasteiger partial charge in [-0.05, 0) is 6.92 Å². The predicted octanol–water partition coefficient (Wildman–Crippen LogP) is 3.95. The average molecular weight is 386 g/mol. The highest BCUT2D eigenvalue weighted by atomic mass is 32.1. The number of hydrogen-bond acceptors (Lipinski definition) is 5. The quantitative estimate of drug-likeness (QED) is 0.579. The van der Waals surface area contributed by atoms with Gasteiger partial charge in [0.2, 0.25) is 5.91 Å². The zero-order chi connectivity index (χ0) is 18.5. The molecule has 0 aliphatic rings. The van der Waals surface area contributed by atoms with Crippen LogP contribution in [0.1, 0.15) is 12.1 Å². The third-order valence-electron chi connectivity index (χ3n) is 3.93. The van der Waals surface area contributed by atoms with Gasteiger partial charge in [0.25, 0.3) is 0 Å². The SMILES string of the molecule is C=CCN(C(=O)CCn1c(C)csc1=O)c1nc(-c2ccccc2)cs1. The van der Waals surface area contributed by atoms with Gasteiger partial charge in [0.15, 0.2) is 5.13 Å². The molecular weight excluding hydrogens is 366 g/mol. The maximum Gasteiger partial charge on any atom is 0.307 e. The molecule has 0 bridgehead atoms. The Morgan fingerprint density at radius 1 is 1.27 bits per heavy atom. The summed E-state index contributed by atoms with van der Waals surface area (Å²) < 4.78 is 1.63. The summed E-state index contributed by atoms with van der Waals surface area (Å²) in [7, 11) is 0. The van der Waals surface area contributed by atoms with E-state index in [-0.39, 0.29) is 17.2 Å². The molecule has 26 heavy (non-hydrogen) atoms. The van der Waals surface area contributed by atoms with E-state index in [9.17, 15) is 9.59 Å². The molecule has 134 valence electrons. The fourth-order valence-electron chi connectivity index (χ4n) is 2.56. The van der Waals surface area contributed by atoms with E-state index in [0.29, 0.717) is 18.2 Å². The van der Waals surface area contributed by atoms with Crippen molar-refractivity contribution in [3.63, 3.8) is 0 Å². The van der Waals surface area contributed by atoms with E-state index in [1.165, 1.54) is 11.3 Å². The number of aromatic nitrogens is 2. The smallest absolute Gasteiger partial charge is 0.303 e. The molecule has 0 spiro atoms. The first-order valence-electron chi connectivity index (χ1n) is 8.17. The molecule has 1 aromatic carbocycles. The highest BCUT2D eigenvalue weighted by molar-refractivity contribution is 7.14. The number of anilines is 1. The van der Waals surface area contributed by atoms with E-state index in [2.05, 4.69) is 11.6 Å². The van der Waals surface area contributed by atoms with E-state index in [4.69, 9.17) is 0 Å². The molecule has 0 aliphatic heterocycles. The lowest BCUT2D eigenvalue weighted by molar-refractivity contribution is -0.118. The second kappa shape index (κ2) is 8.25. The number of hydrogen-bond donors (Lipinski definition) is 0. The van der Waals surface area contributed by atoms with Crippen LogP contribution in [0.15, 0.2) is 58.5 Å². The predicted molar refractivity (Wildman–Crippen MR) is 108 cm³/mol. The molecule has 3 aromatic rings. The number of aryl methyl sites for hydroxylation is 1. The first-order chi connectivity index (χ1) is 12.6. The van der Waals surface area contributed by atoms with Gasteiger partial charge < -0.3 is 4.57 Å². The Labute approximate surface area is 159 Å². The molecule has 7 heteroatoms. The average Bonchev–Trinajstić information content (AvgIpc) is 3.26. The van der Waals surface area contributed by atoms with Crippen molar-refractivity contribution < 1.29 is 4.79 Å². The Kier molecular flexibility index (Phi) is 5.80. The van der Waals surface area contributed by atoms with Gasteiger partial charge in [-0.25, -0.2) is 4.98 Å². The monoisotopic (exact) mass is 385 g/mol. The minimum Gasteiger partial charge on any atom is -0.303 e. The molecule has 0 saturated heterocycles. The third-order valence-corrected chi connectivity index (χ3v) is 5.68. The van der Waals surface area contributed by atoms with Crippen molar-refractivity contribution in [1.29, 1.82) is 0 Å². The van der Waals surface area contributed by atoms with Crippen molar-refractivity contribution in [2.75, 3.05) is 11.4 Å². The molecule has 0 radical (unpaired) electrons. The van der Waals surface area contributed by atoms with Crippen LogP contribution in [-0.2, 0) is 11.3 Å². The van der Waals surface area contributed by atoms with Crippen LogP contribution in [0.4, 0.5) is 5.13 Å². The van der Waals surface area contributed by atoms with Crippen molar-refractivity contribution >= 4 is 33.7 Å². The van der Waals surface area contributed by atoms with Gasteiger partial charge in [-0.2, -0.15) is 0 Å². The maximum absolute atomic E-state index is 12.7. The lowest BCUT2D eigenvalue weighted by atomic mass is 10.2. The van der Waals surface area contributed by atoms with Gasteiger partial charge >= 0.3 is 4.87 Å². The van der Waals surface area contributed by atoms with E-state index >= 15 is 0 Å². The summed E-state index contributed by atoms with van der Waals surface area (Å²) in [4.78, 5) is 30.7. The van der Waals surface area contributed by atoms with E-state index in [1.807, 2.05) is 42.6 Å². The first-order valence-corrected chi connectivity index (χ1v) is 9.93. The number of carbonyl (C=O) groups excluding carboxylic acids is 1. The van der Waals surface area contributed by atoms with Crippen molar-refractivity contribution in [1.82, 2.24) is 9.55 Å². The van der Waals surface area contributed by atoms with Crippen LogP contribution in [0.2, 0.25) is 0 Å². The van der Waals surface area contributed by atoms with E-state index in [1.54, 1.807) is 20.9 Å². The number of thiazole rings is 2. The summed E-state index contributed by atoms with van der Waals surface area (Å²) in [5.41, 5.74) is 2.74.